The molecule has 1 aromatic rings. The highest BCUT2D eigenvalue weighted by Crippen LogP contribution is 2.24. The molecule has 2 N–H and O–H groups in total. The van der Waals surface area contributed by atoms with E-state index in [1.807, 2.05) is 13.8 Å². The van der Waals surface area contributed by atoms with Gasteiger partial charge in [-0.05, 0) is 37.1 Å². The second-order valence-corrected chi connectivity index (χ2v) is 5.92. The minimum Gasteiger partial charge on any atom is -0.338 e. The van der Waals surface area contributed by atoms with Crippen molar-refractivity contribution in [3.63, 3.8) is 0 Å². The first-order chi connectivity index (χ1) is 11.0. The summed E-state index contributed by atoms with van der Waals surface area (Å²) in [6.07, 6.45) is 2.18. The standard InChI is InChI=1S/C17H24FN3O2/c1-3-14(4-2)20-17(23)19-10-12-9-16(22)21(11-12)15-7-5-13(18)6-8-15/h5-8,12,14H,3-4,9-11H2,1-2H3,(H2,19,20,23). The number of anilines is 1. The Hall–Kier alpha value is -2.11. The van der Waals surface area contributed by atoms with Crippen LogP contribution in [0.5, 0.6) is 0 Å². The van der Waals surface area contributed by atoms with E-state index in [-0.39, 0.29) is 29.7 Å². The van der Waals surface area contributed by atoms with Gasteiger partial charge >= 0.3 is 6.03 Å². The van der Waals surface area contributed by atoms with E-state index in [9.17, 15) is 14.0 Å². The molecule has 5 nitrogen and oxygen atoms in total. The van der Waals surface area contributed by atoms with E-state index in [0.29, 0.717) is 25.2 Å². The summed E-state index contributed by atoms with van der Waals surface area (Å²) in [6, 6.07) is 5.88. The zero-order chi connectivity index (χ0) is 16.8. The van der Waals surface area contributed by atoms with Gasteiger partial charge in [-0.2, -0.15) is 0 Å². The van der Waals surface area contributed by atoms with Crippen molar-refractivity contribution in [2.24, 2.45) is 5.92 Å². The first-order valence-electron chi connectivity index (χ1n) is 8.13. The van der Waals surface area contributed by atoms with Crippen LogP contribution < -0.4 is 15.5 Å². The minimum absolute atomic E-state index is 0.00353. The highest BCUT2D eigenvalue weighted by molar-refractivity contribution is 5.95. The highest BCUT2D eigenvalue weighted by atomic mass is 19.1. The lowest BCUT2D eigenvalue weighted by Crippen LogP contribution is -2.43. The number of nitrogens with one attached hydrogen (secondary N) is 2. The number of hydrogen-bond acceptors (Lipinski definition) is 2. The number of nitrogens with zero attached hydrogens (tertiary/aromatic N) is 1. The monoisotopic (exact) mass is 321 g/mol. The smallest absolute Gasteiger partial charge is 0.315 e. The van der Waals surface area contributed by atoms with Crippen LogP contribution in [0.4, 0.5) is 14.9 Å². The predicted octanol–water partition coefficient (Wildman–Crippen LogP) is 2.67. The topological polar surface area (TPSA) is 61.4 Å². The van der Waals surface area contributed by atoms with Crippen LogP contribution in [-0.4, -0.2) is 31.1 Å². The van der Waals surface area contributed by atoms with Gasteiger partial charge in [0.2, 0.25) is 5.91 Å². The van der Waals surface area contributed by atoms with Crippen molar-refractivity contribution in [1.82, 2.24) is 10.6 Å². The van der Waals surface area contributed by atoms with Gasteiger partial charge in [0, 0.05) is 37.2 Å². The van der Waals surface area contributed by atoms with Crippen LogP contribution in [0.3, 0.4) is 0 Å². The third kappa shape index (κ3) is 4.68. The van der Waals surface area contributed by atoms with Gasteiger partial charge in [-0.3, -0.25) is 4.79 Å². The normalized spacial score (nSPS) is 17.7. The molecule has 0 spiro atoms. The fourth-order valence-electron chi connectivity index (χ4n) is 2.76. The van der Waals surface area contributed by atoms with Gasteiger partial charge in [-0.15, -0.1) is 0 Å². The van der Waals surface area contributed by atoms with Crippen molar-refractivity contribution in [3.8, 4) is 0 Å². The van der Waals surface area contributed by atoms with Gasteiger partial charge < -0.3 is 15.5 Å². The quantitative estimate of drug-likeness (QED) is 0.846. The van der Waals surface area contributed by atoms with Gasteiger partial charge in [0.1, 0.15) is 5.82 Å². The molecule has 1 fully saturated rings. The molecule has 0 saturated carbocycles. The Kier molecular flexibility index (Phi) is 5.96. The molecular weight excluding hydrogens is 297 g/mol. The van der Waals surface area contributed by atoms with Crippen molar-refractivity contribution in [3.05, 3.63) is 30.1 Å². The summed E-state index contributed by atoms with van der Waals surface area (Å²) >= 11 is 0. The predicted molar refractivity (Wildman–Crippen MR) is 87.8 cm³/mol. The number of hydrogen-bond donors (Lipinski definition) is 2. The summed E-state index contributed by atoms with van der Waals surface area (Å²) in [5.41, 5.74) is 0.695. The summed E-state index contributed by atoms with van der Waals surface area (Å²) in [4.78, 5) is 25.6. The summed E-state index contributed by atoms with van der Waals surface area (Å²) < 4.78 is 13.0. The second kappa shape index (κ2) is 7.94. The van der Waals surface area contributed by atoms with E-state index in [2.05, 4.69) is 10.6 Å². The van der Waals surface area contributed by atoms with E-state index < -0.39 is 0 Å². The number of carbonyl (C=O) groups is 2. The second-order valence-electron chi connectivity index (χ2n) is 5.92. The van der Waals surface area contributed by atoms with Crippen molar-refractivity contribution in [1.29, 1.82) is 0 Å². The number of rotatable bonds is 6. The molecular formula is C17H24FN3O2. The molecule has 0 radical (unpaired) electrons. The fourth-order valence-corrected chi connectivity index (χ4v) is 2.76. The number of urea groups is 1. The minimum atomic E-state index is -0.323. The SMILES string of the molecule is CCC(CC)NC(=O)NCC1CC(=O)N(c2ccc(F)cc2)C1. The number of benzene rings is 1. The van der Waals surface area contributed by atoms with E-state index in [0.717, 1.165) is 12.8 Å². The van der Waals surface area contributed by atoms with Crippen LogP contribution in [0.1, 0.15) is 33.1 Å². The number of halogens is 1. The van der Waals surface area contributed by atoms with E-state index in [4.69, 9.17) is 0 Å². The Bertz CT molecular complexity index is 543. The van der Waals surface area contributed by atoms with Crippen LogP contribution in [0.25, 0.3) is 0 Å². The zero-order valence-electron chi connectivity index (χ0n) is 13.6. The van der Waals surface area contributed by atoms with Crippen LogP contribution in [0.2, 0.25) is 0 Å². The molecule has 1 aromatic carbocycles. The van der Waals surface area contributed by atoms with Crippen LogP contribution >= 0.6 is 0 Å². The average Bonchev–Trinajstić information content (AvgIpc) is 2.92. The Morgan fingerprint density at radius 2 is 1.96 bits per heavy atom. The molecule has 126 valence electrons. The van der Waals surface area contributed by atoms with E-state index in [1.54, 1.807) is 17.0 Å². The molecule has 6 heteroatoms. The van der Waals surface area contributed by atoms with Gasteiger partial charge in [-0.1, -0.05) is 13.8 Å². The van der Waals surface area contributed by atoms with Gasteiger partial charge in [0.05, 0.1) is 0 Å². The molecule has 1 unspecified atom stereocenters. The van der Waals surface area contributed by atoms with E-state index in [1.165, 1.54) is 12.1 Å². The molecule has 1 heterocycles. The molecule has 0 aliphatic carbocycles. The Morgan fingerprint density at radius 1 is 1.30 bits per heavy atom. The van der Waals surface area contributed by atoms with E-state index >= 15 is 0 Å². The molecule has 2 rings (SSSR count). The molecule has 0 bridgehead atoms. The lowest BCUT2D eigenvalue weighted by Gasteiger charge is -2.18. The first-order valence-corrected chi connectivity index (χ1v) is 8.13. The van der Waals surface area contributed by atoms with Crippen LogP contribution in [-0.2, 0) is 4.79 Å². The summed E-state index contributed by atoms with van der Waals surface area (Å²) in [5, 5.41) is 5.75. The number of amides is 3. The van der Waals surface area contributed by atoms with Crippen LogP contribution in [0.15, 0.2) is 24.3 Å². The number of carbonyl (C=O) groups excluding carboxylic acids is 2. The van der Waals surface area contributed by atoms with Gasteiger partial charge in [0.15, 0.2) is 0 Å². The van der Waals surface area contributed by atoms with Crippen molar-refractivity contribution in [2.75, 3.05) is 18.0 Å². The van der Waals surface area contributed by atoms with Gasteiger partial charge in [0.25, 0.3) is 0 Å². The maximum atomic E-state index is 13.0. The largest absolute Gasteiger partial charge is 0.338 e. The zero-order valence-corrected chi connectivity index (χ0v) is 13.6. The molecule has 3 amide bonds. The molecule has 0 aromatic heterocycles. The van der Waals surface area contributed by atoms with Crippen molar-refractivity contribution >= 4 is 17.6 Å². The van der Waals surface area contributed by atoms with Crippen LogP contribution in [0, 0.1) is 11.7 Å². The molecule has 23 heavy (non-hydrogen) atoms. The maximum Gasteiger partial charge on any atom is 0.315 e. The Labute approximate surface area is 136 Å². The lowest BCUT2D eigenvalue weighted by atomic mass is 10.1. The maximum absolute atomic E-state index is 13.0. The first kappa shape index (κ1) is 17.2. The lowest BCUT2D eigenvalue weighted by molar-refractivity contribution is -0.117. The summed E-state index contributed by atoms with van der Waals surface area (Å²) in [7, 11) is 0. The third-order valence-corrected chi connectivity index (χ3v) is 4.22. The highest BCUT2D eigenvalue weighted by Gasteiger charge is 2.30. The summed E-state index contributed by atoms with van der Waals surface area (Å²) in [6.45, 7) is 5.06. The average molecular weight is 321 g/mol. The molecule has 1 atom stereocenters. The molecule has 1 aliphatic rings. The Balaban J connectivity index is 1.83. The third-order valence-electron chi connectivity index (χ3n) is 4.22. The summed E-state index contributed by atoms with van der Waals surface area (Å²) in [5.74, 6) is -0.250. The van der Waals surface area contributed by atoms with Crippen molar-refractivity contribution in [2.45, 2.75) is 39.2 Å². The Morgan fingerprint density at radius 3 is 2.57 bits per heavy atom. The molecule has 1 saturated heterocycles. The van der Waals surface area contributed by atoms with Crippen molar-refractivity contribution < 1.29 is 14.0 Å². The fraction of sp³-hybridized carbons (Fsp3) is 0.529. The molecule has 1 aliphatic heterocycles. The van der Waals surface area contributed by atoms with Gasteiger partial charge in [-0.25, -0.2) is 9.18 Å².